The number of hydrogen-bond donors (Lipinski definition) is 3. The minimum absolute atomic E-state index is 0.0519. The summed E-state index contributed by atoms with van der Waals surface area (Å²) in [6.45, 7) is 3.44. The lowest BCUT2D eigenvalue weighted by Gasteiger charge is -2.38. The second kappa shape index (κ2) is 12.2. The fourth-order valence-corrected chi connectivity index (χ4v) is 7.67. The highest BCUT2D eigenvalue weighted by Gasteiger charge is 2.46. The van der Waals surface area contributed by atoms with Crippen molar-refractivity contribution in [3.8, 4) is 0 Å². The Morgan fingerprint density at radius 1 is 1.07 bits per heavy atom. The molecule has 236 valence electrons. The summed E-state index contributed by atoms with van der Waals surface area (Å²) in [7, 11) is 1.31. The van der Waals surface area contributed by atoms with E-state index in [1.165, 1.54) is 7.11 Å². The van der Waals surface area contributed by atoms with Crippen LogP contribution in [0, 0.1) is 0 Å². The van der Waals surface area contributed by atoms with E-state index in [2.05, 4.69) is 33.8 Å². The predicted molar refractivity (Wildman–Crippen MR) is 170 cm³/mol. The molecular weight excluding hydrogens is 570 g/mol. The topological polar surface area (TPSA) is 132 Å². The van der Waals surface area contributed by atoms with E-state index in [1.807, 2.05) is 47.1 Å². The number of carbonyl (C=O) groups excluding carboxylic acids is 3. The molecule has 0 bridgehead atoms. The minimum Gasteiger partial charge on any atom is -0.453 e. The molecule has 4 aliphatic rings. The van der Waals surface area contributed by atoms with Crippen LogP contribution in [0.1, 0.15) is 74.4 Å². The van der Waals surface area contributed by atoms with E-state index in [0.717, 1.165) is 78.9 Å². The fourth-order valence-electron chi connectivity index (χ4n) is 7.67. The number of hydrogen-bond acceptors (Lipinski definition) is 7. The Morgan fingerprint density at radius 2 is 1.89 bits per heavy atom. The summed E-state index contributed by atoms with van der Waals surface area (Å²) in [5.41, 5.74) is 4.04. The van der Waals surface area contributed by atoms with Crippen molar-refractivity contribution < 1.29 is 19.1 Å². The third-order valence-electron chi connectivity index (χ3n) is 10.0. The van der Waals surface area contributed by atoms with Crippen molar-refractivity contribution in [1.82, 2.24) is 30.4 Å². The first-order chi connectivity index (χ1) is 21.9. The molecule has 3 aromatic rings. The smallest absolute Gasteiger partial charge is 0.407 e. The minimum atomic E-state index is -0.577. The van der Waals surface area contributed by atoms with Crippen LogP contribution >= 0.6 is 0 Å². The number of piperidine rings is 1. The van der Waals surface area contributed by atoms with Crippen LogP contribution in [-0.2, 0) is 20.7 Å². The molecule has 0 spiro atoms. The summed E-state index contributed by atoms with van der Waals surface area (Å²) in [6, 6.07) is 15.8. The molecule has 0 aliphatic carbocycles. The largest absolute Gasteiger partial charge is 0.453 e. The van der Waals surface area contributed by atoms with Crippen LogP contribution in [0.2, 0.25) is 0 Å². The monoisotopic (exact) mass is 611 g/mol. The van der Waals surface area contributed by atoms with Crippen molar-refractivity contribution in [2.45, 2.75) is 88.0 Å². The first-order valence-electron chi connectivity index (χ1n) is 16.2. The van der Waals surface area contributed by atoms with E-state index < -0.39 is 12.1 Å². The lowest BCUT2D eigenvalue weighted by Crippen LogP contribution is -2.58. The van der Waals surface area contributed by atoms with Gasteiger partial charge in [0, 0.05) is 19.1 Å². The van der Waals surface area contributed by atoms with E-state index >= 15 is 0 Å². The van der Waals surface area contributed by atoms with Gasteiger partial charge in [0.1, 0.15) is 17.7 Å². The molecule has 4 aliphatic heterocycles. The van der Waals surface area contributed by atoms with Gasteiger partial charge in [-0.1, -0.05) is 36.4 Å². The number of fused-ring (bicyclic) bond motifs is 2. The highest BCUT2D eigenvalue weighted by Crippen LogP contribution is 2.35. The summed E-state index contributed by atoms with van der Waals surface area (Å²) in [5, 5.41) is 6.19. The van der Waals surface area contributed by atoms with Gasteiger partial charge in [0.15, 0.2) is 0 Å². The lowest BCUT2D eigenvalue weighted by molar-refractivity contribution is -0.138. The third kappa shape index (κ3) is 5.64. The Bertz CT molecular complexity index is 1620. The van der Waals surface area contributed by atoms with Crippen LogP contribution < -0.4 is 10.6 Å². The molecule has 11 nitrogen and oxygen atoms in total. The summed E-state index contributed by atoms with van der Waals surface area (Å²) in [4.78, 5) is 56.0. The molecular formula is C34H41N7O4. The highest BCUT2D eigenvalue weighted by molar-refractivity contribution is 5.96. The second-order valence-corrected chi connectivity index (χ2v) is 12.8. The Morgan fingerprint density at radius 3 is 2.71 bits per heavy atom. The standard InChI is InChI=1S/C34H41N7O4/c1-20(22-7-4-3-5-8-22)32(42)40-16-6-9-28(40)31-37-25-13-10-21(18-27(25)38-31)17-23-19-35-30(36-23)29-15-12-24-11-14-26(33(43)41(24)29)39-34(44)45-2/h3-5,7-8,10,13,18,20,23-24,26,28-29H,6,9,11-12,14-17,19H2,1-2H3,(H,35,36)(H,37,38)(H,39,44)/t20-,23?,24+,26+,28+,29+/m1/s1. The lowest BCUT2D eigenvalue weighted by atomic mass is 9.98. The average molecular weight is 612 g/mol. The summed E-state index contributed by atoms with van der Waals surface area (Å²) in [5.74, 6) is 1.60. The fraction of sp³-hybridized carbons (Fsp3) is 0.500. The number of ether oxygens (including phenoxy) is 1. The maximum Gasteiger partial charge on any atom is 0.407 e. The van der Waals surface area contributed by atoms with Gasteiger partial charge in [-0.05, 0) is 75.1 Å². The van der Waals surface area contributed by atoms with Gasteiger partial charge in [-0.15, -0.1) is 0 Å². The molecule has 45 heavy (non-hydrogen) atoms. The van der Waals surface area contributed by atoms with E-state index in [-0.39, 0.29) is 41.9 Å². The van der Waals surface area contributed by atoms with E-state index in [9.17, 15) is 14.4 Å². The van der Waals surface area contributed by atoms with Crippen molar-refractivity contribution in [1.29, 1.82) is 0 Å². The number of benzene rings is 2. The predicted octanol–water partition coefficient (Wildman–Crippen LogP) is 3.82. The zero-order chi connectivity index (χ0) is 31.1. The maximum absolute atomic E-state index is 13.5. The number of rotatable bonds is 7. The van der Waals surface area contributed by atoms with Crippen molar-refractivity contribution in [3.05, 3.63) is 65.5 Å². The molecule has 2 aromatic carbocycles. The van der Waals surface area contributed by atoms with Gasteiger partial charge in [-0.25, -0.2) is 9.78 Å². The van der Waals surface area contributed by atoms with Gasteiger partial charge in [0.25, 0.3) is 0 Å². The van der Waals surface area contributed by atoms with Crippen LogP contribution in [0.5, 0.6) is 0 Å². The number of amidine groups is 1. The number of H-pyrrole nitrogens is 1. The quantitative estimate of drug-likeness (QED) is 0.372. The second-order valence-electron chi connectivity index (χ2n) is 12.8. The average Bonchev–Trinajstić information content (AvgIpc) is 3.87. The number of alkyl carbamates (subject to hydrolysis) is 1. The molecule has 0 radical (unpaired) electrons. The number of carbonyl (C=O) groups is 3. The van der Waals surface area contributed by atoms with Gasteiger partial charge in [0.2, 0.25) is 11.8 Å². The van der Waals surface area contributed by atoms with Gasteiger partial charge in [-0.3, -0.25) is 14.6 Å². The third-order valence-corrected chi connectivity index (χ3v) is 10.0. The van der Waals surface area contributed by atoms with Crippen molar-refractivity contribution in [2.75, 3.05) is 20.2 Å². The Labute approximate surface area is 262 Å². The van der Waals surface area contributed by atoms with Gasteiger partial charge >= 0.3 is 6.09 Å². The molecule has 6 atom stereocenters. The van der Waals surface area contributed by atoms with Gasteiger partial charge in [-0.2, -0.15) is 0 Å². The molecule has 7 rings (SSSR count). The molecule has 3 saturated heterocycles. The van der Waals surface area contributed by atoms with E-state index in [1.54, 1.807) is 0 Å². The maximum atomic E-state index is 13.5. The number of aromatic nitrogens is 2. The number of amides is 3. The number of nitrogens with zero attached hydrogens (tertiary/aromatic N) is 4. The van der Waals surface area contributed by atoms with E-state index in [0.29, 0.717) is 13.0 Å². The van der Waals surface area contributed by atoms with Crippen molar-refractivity contribution >= 4 is 34.8 Å². The number of imidazole rings is 1. The molecule has 0 saturated carbocycles. The van der Waals surface area contributed by atoms with Crippen molar-refractivity contribution in [2.24, 2.45) is 4.99 Å². The molecule has 3 N–H and O–H groups in total. The SMILES string of the molecule is COC(=O)N[C@H]1CC[C@H]2CC[C@@H](C3=NC(Cc4ccc5[nH]c([C@@H]6CCCN6C(=O)[C@H](C)c6ccccc6)nc5c4)CN3)N2C1=O. The molecule has 1 unspecified atom stereocenters. The zero-order valence-electron chi connectivity index (χ0n) is 25.9. The molecule has 11 heteroatoms. The molecule has 3 amide bonds. The Balaban J connectivity index is 1.02. The molecule has 5 heterocycles. The van der Waals surface area contributed by atoms with E-state index in [4.69, 9.17) is 14.7 Å². The zero-order valence-corrected chi connectivity index (χ0v) is 25.9. The number of methoxy groups -OCH3 is 1. The summed E-state index contributed by atoms with van der Waals surface area (Å²) >= 11 is 0. The molecule has 3 fully saturated rings. The number of likely N-dealkylation sites (tertiary alicyclic amines) is 1. The van der Waals surface area contributed by atoms with Crippen LogP contribution in [0.3, 0.4) is 0 Å². The number of aliphatic imine (C=N–C) groups is 1. The van der Waals surface area contributed by atoms with Gasteiger partial charge < -0.3 is 30.2 Å². The molecule has 1 aromatic heterocycles. The van der Waals surface area contributed by atoms with Crippen LogP contribution in [0.4, 0.5) is 4.79 Å². The highest BCUT2D eigenvalue weighted by atomic mass is 16.5. The first-order valence-corrected chi connectivity index (χ1v) is 16.2. The number of aromatic amines is 1. The van der Waals surface area contributed by atoms with Crippen molar-refractivity contribution in [3.63, 3.8) is 0 Å². The van der Waals surface area contributed by atoms with Crippen LogP contribution in [-0.4, -0.2) is 87.9 Å². The normalized spacial score (nSPS) is 26.8. The Kier molecular flexibility index (Phi) is 7.93. The van der Waals surface area contributed by atoms with Crippen LogP contribution in [0.25, 0.3) is 11.0 Å². The summed E-state index contributed by atoms with van der Waals surface area (Å²) < 4.78 is 4.72. The van der Waals surface area contributed by atoms with Crippen LogP contribution in [0.15, 0.2) is 53.5 Å². The first kappa shape index (κ1) is 29.3. The Hall–Kier alpha value is -4.41. The summed E-state index contributed by atoms with van der Waals surface area (Å²) in [6.07, 6.45) is 5.34. The number of nitrogens with one attached hydrogen (secondary N) is 3. The van der Waals surface area contributed by atoms with Gasteiger partial charge in [0.05, 0.1) is 42.2 Å².